The van der Waals surface area contributed by atoms with Crippen LogP contribution in [-0.4, -0.2) is 37.1 Å². The van der Waals surface area contributed by atoms with Crippen molar-refractivity contribution >= 4 is 0 Å². The smallest absolute Gasteiger partial charge is 0.0107 e. The Hall–Kier alpha value is -0.0800. The molecule has 1 N–H and O–H groups in total. The van der Waals surface area contributed by atoms with Crippen molar-refractivity contribution in [2.24, 2.45) is 0 Å². The summed E-state index contributed by atoms with van der Waals surface area (Å²) in [5.41, 5.74) is 0. The van der Waals surface area contributed by atoms with E-state index in [4.69, 9.17) is 0 Å². The molecule has 0 amide bonds. The quantitative estimate of drug-likeness (QED) is 0.728. The first-order valence-corrected chi connectivity index (χ1v) is 6.67. The zero-order valence-corrected chi connectivity index (χ0v) is 10.8. The molecule has 0 bridgehead atoms. The lowest BCUT2D eigenvalue weighted by Crippen LogP contribution is -2.39. The standard InChI is InChI=1S/C13H28N2/c1-4-12(2)14-10-11-15(3)13-8-6-5-7-9-13/h12-14H,4-11H2,1-3H3. The minimum absolute atomic E-state index is 0.671. The average molecular weight is 212 g/mol. The van der Waals surface area contributed by atoms with Crippen molar-refractivity contribution in [3.63, 3.8) is 0 Å². The van der Waals surface area contributed by atoms with Crippen molar-refractivity contribution in [3.05, 3.63) is 0 Å². The lowest BCUT2D eigenvalue weighted by atomic mass is 9.94. The molecular weight excluding hydrogens is 184 g/mol. The van der Waals surface area contributed by atoms with Crippen LogP contribution >= 0.6 is 0 Å². The van der Waals surface area contributed by atoms with E-state index in [1.807, 2.05) is 0 Å². The van der Waals surface area contributed by atoms with Crippen LogP contribution in [0.5, 0.6) is 0 Å². The molecule has 2 nitrogen and oxygen atoms in total. The van der Waals surface area contributed by atoms with Gasteiger partial charge in [0.1, 0.15) is 0 Å². The van der Waals surface area contributed by atoms with E-state index in [0.29, 0.717) is 6.04 Å². The summed E-state index contributed by atoms with van der Waals surface area (Å²) in [6.45, 7) is 6.85. The lowest BCUT2D eigenvalue weighted by molar-refractivity contribution is 0.190. The largest absolute Gasteiger partial charge is 0.313 e. The minimum atomic E-state index is 0.671. The van der Waals surface area contributed by atoms with E-state index in [-0.39, 0.29) is 0 Å². The summed E-state index contributed by atoms with van der Waals surface area (Å²) in [5, 5.41) is 3.56. The molecule has 0 aromatic heterocycles. The number of nitrogens with one attached hydrogen (secondary N) is 1. The zero-order valence-electron chi connectivity index (χ0n) is 10.8. The molecule has 0 spiro atoms. The second-order valence-corrected chi connectivity index (χ2v) is 5.04. The van der Waals surface area contributed by atoms with Crippen LogP contribution in [0.2, 0.25) is 0 Å². The second kappa shape index (κ2) is 7.24. The van der Waals surface area contributed by atoms with E-state index in [1.54, 1.807) is 0 Å². The lowest BCUT2D eigenvalue weighted by Gasteiger charge is -2.31. The van der Waals surface area contributed by atoms with Gasteiger partial charge in [-0.2, -0.15) is 0 Å². The van der Waals surface area contributed by atoms with Crippen molar-refractivity contribution < 1.29 is 0 Å². The van der Waals surface area contributed by atoms with Gasteiger partial charge in [-0.05, 0) is 33.2 Å². The highest BCUT2D eigenvalue weighted by molar-refractivity contribution is 4.74. The van der Waals surface area contributed by atoms with Gasteiger partial charge < -0.3 is 10.2 Å². The van der Waals surface area contributed by atoms with E-state index in [1.165, 1.54) is 45.1 Å². The van der Waals surface area contributed by atoms with Crippen LogP contribution in [0.4, 0.5) is 0 Å². The summed E-state index contributed by atoms with van der Waals surface area (Å²) in [4.78, 5) is 2.55. The summed E-state index contributed by atoms with van der Waals surface area (Å²) in [7, 11) is 2.29. The van der Waals surface area contributed by atoms with Gasteiger partial charge in [-0.3, -0.25) is 0 Å². The molecular formula is C13H28N2. The predicted octanol–water partition coefficient (Wildman–Crippen LogP) is 2.64. The predicted molar refractivity (Wildman–Crippen MR) is 67.3 cm³/mol. The SMILES string of the molecule is CCC(C)NCCN(C)C1CCCCC1. The van der Waals surface area contributed by atoms with Crippen LogP contribution < -0.4 is 5.32 Å². The fraction of sp³-hybridized carbons (Fsp3) is 1.00. The third-order valence-electron chi connectivity index (χ3n) is 3.77. The average Bonchev–Trinajstić information content (AvgIpc) is 2.29. The van der Waals surface area contributed by atoms with E-state index >= 15 is 0 Å². The van der Waals surface area contributed by atoms with Crippen LogP contribution in [0, 0.1) is 0 Å². The molecule has 15 heavy (non-hydrogen) atoms. The number of hydrogen-bond donors (Lipinski definition) is 1. The molecule has 0 aromatic carbocycles. The second-order valence-electron chi connectivity index (χ2n) is 5.04. The molecule has 1 aliphatic rings. The Bertz CT molecular complexity index is 153. The Morgan fingerprint density at radius 1 is 1.27 bits per heavy atom. The fourth-order valence-electron chi connectivity index (χ4n) is 2.34. The van der Waals surface area contributed by atoms with E-state index < -0.39 is 0 Å². The van der Waals surface area contributed by atoms with E-state index in [2.05, 4.69) is 31.1 Å². The van der Waals surface area contributed by atoms with Crippen LogP contribution in [0.1, 0.15) is 52.4 Å². The fourth-order valence-corrected chi connectivity index (χ4v) is 2.34. The number of rotatable bonds is 6. The summed E-state index contributed by atoms with van der Waals surface area (Å²) < 4.78 is 0. The van der Waals surface area contributed by atoms with Gasteiger partial charge in [-0.25, -0.2) is 0 Å². The van der Waals surface area contributed by atoms with Gasteiger partial charge in [0, 0.05) is 25.2 Å². The van der Waals surface area contributed by atoms with Crippen LogP contribution in [0.25, 0.3) is 0 Å². The molecule has 1 unspecified atom stereocenters. The highest BCUT2D eigenvalue weighted by atomic mass is 15.1. The van der Waals surface area contributed by atoms with Crippen LogP contribution in [0.3, 0.4) is 0 Å². The molecule has 1 aliphatic carbocycles. The van der Waals surface area contributed by atoms with Crippen LogP contribution in [0.15, 0.2) is 0 Å². The first-order valence-electron chi connectivity index (χ1n) is 6.67. The Labute approximate surface area is 95.4 Å². The maximum absolute atomic E-state index is 3.56. The molecule has 1 saturated carbocycles. The normalized spacial score (nSPS) is 20.8. The van der Waals surface area contributed by atoms with Crippen molar-refractivity contribution in [3.8, 4) is 0 Å². The van der Waals surface area contributed by atoms with Gasteiger partial charge in [0.15, 0.2) is 0 Å². The third-order valence-corrected chi connectivity index (χ3v) is 3.77. The Morgan fingerprint density at radius 2 is 1.93 bits per heavy atom. The van der Waals surface area contributed by atoms with Crippen molar-refractivity contribution in [2.75, 3.05) is 20.1 Å². The molecule has 2 heteroatoms. The monoisotopic (exact) mass is 212 g/mol. The molecule has 0 heterocycles. The summed E-state index contributed by atoms with van der Waals surface area (Å²) in [6.07, 6.45) is 8.39. The van der Waals surface area contributed by atoms with Crippen molar-refractivity contribution in [2.45, 2.75) is 64.5 Å². The van der Waals surface area contributed by atoms with E-state index in [0.717, 1.165) is 12.6 Å². The molecule has 1 atom stereocenters. The molecule has 0 aromatic rings. The third kappa shape index (κ3) is 4.98. The highest BCUT2D eigenvalue weighted by Crippen LogP contribution is 2.21. The minimum Gasteiger partial charge on any atom is -0.313 e. The van der Waals surface area contributed by atoms with Gasteiger partial charge in [0.25, 0.3) is 0 Å². The van der Waals surface area contributed by atoms with Gasteiger partial charge in [-0.1, -0.05) is 26.2 Å². The number of hydrogen-bond acceptors (Lipinski definition) is 2. The topological polar surface area (TPSA) is 15.3 Å². The molecule has 1 rings (SSSR count). The van der Waals surface area contributed by atoms with Gasteiger partial charge in [0.2, 0.25) is 0 Å². The molecule has 0 saturated heterocycles. The maximum atomic E-state index is 3.56. The van der Waals surface area contributed by atoms with Crippen LogP contribution in [-0.2, 0) is 0 Å². The van der Waals surface area contributed by atoms with Crippen molar-refractivity contribution in [1.82, 2.24) is 10.2 Å². The molecule has 0 aliphatic heterocycles. The molecule has 0 radical (unpaired) electrons. The van der Waals surface area contributed by atoms with Crippen molar-refractivity contribution in [1.29, 1.82) is 0 Å². The van der Waals surface area contributed by atoms with Gasteiger partial charge >= 0.3 is 0 Å². The van der Waals surface area contributed by atoms with E-state index in [9.17, 15) is 0 Å². The number of nitrogens with zero attached hydrogens (tertiary/aromatic N) is 1. The molecule has 90 valence electrons. The summed E-state index contributed by atoms with van der Waals surface area (Å²) in [6, 6.07) is 1.53. The highest BCUT2D eigenvalue weighted by Gasteiger charge is 2.17. The first-order chi connectivity index (χ1) is 7.24. The zero-order chi connectivity index (χ0) is 11.1. The molecule has 1 fully saturated rings. The Morgan fingerprint density at radius 3 is 2.53 bits per heavy atom. The van der Waals surface area contributed by atoms with Gasteiger partial charge in [0.05, 0.1) is 0 Å². The number of likely N-dealkylation sites (N-methyl/N-ethyl adjacent to an activating group) is 1. The van der Waals surface area contributed by atoms with Gasteiger partial charge in [-0.15, -0.1) is 0 Å². The first kappa shape index (κ1) is 13.0. The maximum Gasteiger partial charge on any atom is 0.0107 e. The summed E-state index contributed by atoms with van der Waals surface area (Å²) >= 11 is 0. The Kier molecular flexibility index (Phi) is 6.26. The summed E-state index contributed by atoms with van der Waals surface area (Å²) in [5.74, 6) is 0. The Balaban J connectivity index is 2.09.